The summed E-state index contributed by atoms with van der Waals surface area (Å²) >= 11 is 0. The van der Waals surface area contributed by atoms with Crippen molar-refractivity contribution in [3.63, 3.8) is 0 Å². The van der Waals surface area contributed by atoms with Gasteiger partial charge < -0.3 is 11.1 Å². The van der Waals surface area contributed by atoms with Crippen molar-refractivity contribution in [2.45, 2.75) is 38.1 Å². The van der Waals surface area contributed by atoms with Crippen LogP contribution in [0.5, 0.6) is 0 Å². The lowest BCUT2D eigenvalue weighted by atomic mass is 9.94. The normalized spacial score (nSPS) is 18.1. The Morgan fingerprint density at radius 3 is 2.67 bits per heavy atom. The second kappa shape index (κ2) is 6.80. The molecule has 0 radical (unpaired) electrons. The molecule has 0 aromatic heterocycles. The van der Waals surface area contributed by atoms with Crippen molar-refractivity contribution in [3.05, 3.63) is 0 Å². The quantitative estimate of drug-likeness (QED) is 0.692. The molecule has 3 N–H and O–H groups in total. The third kappa shape index (κ3) is 4.62. The van der Waals surface area contributed by atoms with Crippen molar-refractivity contribution >= 4 is 5.91 Å². The first kappa shape index (κ1) is 12.5. The van der Waals surface area contributed by atoms with Crippen molar-refractivity contribution in [1.29, 1.82) is 0 Å². The van der Waals surface area contributed by atoms with Crippen LogP contribution in [0.1, 0.15) is 32.1 Å². The van der Waals surface area contributed by atoms with Crippen molar-refractivity contribution in [3.8, 4) is 0 Å². The third-order valence-electron chi connectivity index (χ3n) is 3.06. The number of nitrogens with one attached hydrogen (secondary N) is 1. The van der Waals surface area contributed by atoms with Crippen LogP contribution in [0.15, 0.2) is 0 Å². The maximum absolute atomic E-state index is 11.4. The lowest BCUT2D eigenvalue weighted by Crippen LogP contribution is -2.42. The predicted molar refractivity (Wildman–Crippen MR) is 61.6 cm³/mol. The number of carbonyl (C=O) groups is 1. The number of likely N-dealkylation sites (N-methyl/N-ethyl adjacent to an activating group) is 1. The lowest BCUT2D eigenvalue weighted by molar-refractivity contribution is -0.122. The Balaban J connectivity index is 2.21. The van der Waals surface area contributed by atoms with Crippen LogP contribution in [0.4, 0.5) is 0 Å². The Kier molecular flexibility index (Phi) is 5.65. The number of carbonyl (C=O) groups excluding carboxylic acids is 1. The van der Waals surface area contributed by atoms with Crippen molar-refractivity contribution in [1.82, 2.24) is 10.2 Å². The van der Waals surface area contributed by atoms with Gasteiger partial charge in [0.1, 0.15) is 0 Å². The van der Waals surface area contributed by atoms with Crippen LogP contribution < -0.4 is 11.1 Å². The molecule has 0 heterocycles. The molecule has 88 valence electrons. The lowest BCUT2D eigenvalue weighted by Gasteiger charge is -2.30. The summed E-state index contributed by atoms with van der Waals surface area (Å²) in [6, 6.07) is 0.599. The Morgan fingerprint density at radius 1 is 1.40 bits per heavy atom. The minimum absolute atomic E-state index is 0.0912. The highest BCUT2D eigenvalue weighted by Gasteiger charge is 2.19. The zero-order valence-corrected chi connectivity index (χ0v) is 9.67. The van der Waals surface area contributed by atoms with Crippen LogP contribution in [0, 0.1) is 0 Å². The molecule has 1 fully saturated rings. The van der Waals surface area contributed by atoms with E-state index >= 15 is 0 Å². The summed E-state index contributed by atoms with van der Waals surface area (Å²) in [6.07, 6.45) is 6.43. The smallest absolute Gasteiger partial charge is 0.234 e. The molecule has 0 spiro atoms. The summed E-state index contributed by atoms with van der Waals surface area (Å²) in [5.74, 6) is 0.0912. The van der Waals surface area contributed by atoms with Crippen LogP contribution in [0.2, 0.25) is 0 Å². The van der Waals surface area contributed by atoms with E-state index in [0.29, 0.717) is 25.7 Å². The molecule has 4 nitrogen and oxygen atoms in total. The molecule has 1 aliphatic carbocycles. The van der Waals surface area contributed by atoms with Gasteiger partial charge in [0.05, 0.1) is 6.54 Å². The van der Waals surface area contributed by atoms with Crippen LogP contribution in [0.25, 0.3) is 0 Å². The fraction of sp³-hybridized carbons (Fsp3) is 0.909. The van der Waals surface area contributed by atoms with Gasteiger partial charge in [0.2, 0.25) is 5.91 Å². The molecule has 4 heteroatoms. The predicted octanol–water partition coefficient (Wildman–Crippen LogP) is 0.326. The van der Waals surface area contributed by atoms with E-state index in [0.717, 1.165) is 0 Å². The Morgan fingerprint density at radius 2 is 2.07 bits per heavy atom. The minimum atomic E-state index is 0.0912. The molecular weight excluding hydrogens is 190 g/mol. The van der Waals surface area contributed by atoms with E-state index in [4.69, 9.17) is 5.73 Å². The summed E-state index contributed by atoms with van der Waals surface area (Å²) < 4.78 is 0. The van der Waals surface area contributed by atoms with Gasteiger partial charge in [-0.2, -0.15) is 0 Å². The van der Waals surface area contributed by atoms with E-state index in [9.17, 15) is 4.79 Å². The topological polar surface area (TPSA) is 58.4 Å². The monoisotopic (exact) mass is 213 g/mol. The summed E-state index contributed by atoms with van der Waals surface area (Å²) in [4.78, 5) is 13.6. The Labute approximate surface area is 92.2 Å². The number of amides is 1. The molecular formula is C11H23N3O. The van der Waals surface area contributed by atoms with E-state index in [2.05, 4.69) is 10.2 Å². The van der Waals surface area contributed by atoms with Gasteiger partial charge in [-0.25, -0.2) is 0 Å². The molecule has 0 aromatic rings. The largest absolute Gasteiger partial charge is 0.354 e. The number of hydrogen-bond acceptors (Lipinski definition) is 3. The number of rotatable bonds is 5. The van der Waals surface area contributed by atoms with Crippen LogP contribution in [-0.2, 0) is 4.79 Å². The summed E-state index contributed by atoms with van der Waals surface area (Å²) in [5.41, 5.74) is 5.32. The zero-order valence-electron chi connectivity index (χ0n) is 9.67. The number of hydrogen-bond donors (Lipinski definition) is 2. The van der Waals surface area contributed by atoms with Gasteiger partial charge in [-0.15, -0.1) is 0 Å². The molecule has 0 saturated heterocycles. The Hall–Kier alpha value is -0.610. The van der Waals surface area contributed by atoms with E-state index in [-0.39, 0.29) is 5.91 Å². The fourth-order valence-electron chi connectivity index (χ4n) is 2.14. The standard InChI is InChI=1S/C11H23N3O/c1-14(9-11(15)13-8-7-12)10-5-3-2-4-6-10/h10H,2-9,12H2,1H3,(H,13,15). The van der Waals surface area contributed by atoms with Gasteiger partial charge in [-0.3, -0.25) is 9.69 Å². The Bertz CT molecular complexity index is 190. The van der Waals surface area contributed by atoms with Gasteiger partial charge in [0.25, 0.3) is 0 Å². The first-order chi connectivity index (χ1) is 7.24. The summed E-state index contributed by atoms with van der Waals surface area (Å²) in [7, 11) is 2.04. The van der Waals surface area contributed by atoms with E-state index in [1.165, 1.54) is 32.1 Å². The van der Waals surface area contributed by atoms with Crippen molar-refractivity contribution < 1.29 is 4.79 Å². The molecule has 0 atom stereocenters. The maximum atomic E-state index is 11.4. The molecule has 0 bridgehead atoms. The first-order valence-electron chi connectivity index (χ1n) is 5.91. The van der Waals surface area contributed by atoms with Gasteiger partial charge in [0.15, 0.2) is 0 Å². The SMILES string of the molecule is CN(CC(=O)NCCN)C1CCCCC1. The van der Waals surface area contributed by atoms with Crippen molar-refractivity contribution in [2.75, 3.05) is 26.7 Å². The minimum Gasteiger partial charge on any atom is -0.354 e. The van der Waals surface area contributed by atoms with Gasteiger partial charge in [-0.1, -0.05) is 19.3 Å². The molecule has 0 unspecified atom stereocenters. The molecule has 1 saturated carbocycles. The zero-order chi connectivity index (χ0) is 11.1. The van der Waals surface area contributed by atoms with Crippen LogP contribution >= 0.6 is 0 Å². The van der Waals surface area contributed by atoms with E-state index < -0.39 is 0 Å². The van der Waals surface area contributed by atoms with Crippen molar-refractivity contribution in [2.24, 2.45) is 5.73 Å². The van der Waals surface area contributed by atoms with Gasteiger partial charge in [0, 0.05) is 19.1 Å². The average molecular weight is 213 g/mol. The molecule has 0 aromatic carbocycles. The molecule has 1 amide bonds. The number of nitrogens with zero attached hydrogens (tertiary/aromatic N) is 1. The van der Waals surface area contributed by atoms with Gasteiger partial charge in [-0.05, 0) is 19.9 Å². The summed E-state index contributed by atoms with van der Waals surface area (Å²) in [6.45, 7) is 1.60. The van der Waals surface area contributed by atoms with E-state index in [1.54, 1.807) is 0 Å². The van der Waals surface area contributed by atoms with E-state index in [1.807, 2.05) is 7.05 Å². The average Bonchev–Trinajstić information content (AvgIpc) is 2.27. The highest BCUT2D eigenvalue weighted by molar-refractivity contribution is 5.77. The highest BCUT2D eigenvalue weighted by atomic mass is 16.2. The molecule has 15 heavy (non-hydrogen) atoms. The number of nitrogens with two attached hydrogens (primary N) is 1. The van der Waals surface area contributed by atoms with Gasteiger partial charge >= 0.3 is 0 Å². The fourth-order valence-corrected chi connectivity index (χ4v) is 2.14. The first-order valence-corrected chi connectivity index (χ1v) is 5.91. The van der Waals surface area contributed by atoms with Crippen LogP contribution in [0.3, 0.4) is 0 Å². The molecule has 0 aliphatic heterocycles. The third-order valence-corrected chi connectivity index (χ3v) is 3.06. The second-order valence-corrected chi connectivity index (χ2v) is 4.35. The maximum Gasteiger partial charge on any atom is 0.234 e. The second-order valence-electron chi connectivity index (χ2n) is 4.35. The summed E-state index contributed by atoms with van der Waals surface area (Å²) in [5, 5.41) is 2.80. The molecule has 1 aliphatic rings. The molecule has 1 rings (SSSR count). The van der Waals surface area contributed by atoms with Crippen LogP contribution in [-0.4, -0.2) is 43.5 Å². The highest BCUT2D eigenvalue weighted by Crippen LogP contribution is 2.21.